The molecule has 2 N–H and O–H groups in total. The van der Waals surface area contributed by atoms with E-state index in [4.69, 9.17) is 5.11 Å². The molecule has 1 aliphatic heterocycles. The van der Waals surface area contributed by atoms with Crippen LogP contribution in [-0.4, -0.2) is 47.1 Å². The summed E-state index contributed by atoms with van der Waals surface area (Å²) in [6.45, 7) is 6.52. The topological polar surface area (TPSA) is 65.5 Å². The van der Waals surface area contributed by atoms with Gasteiger partial charge in [-0.3, -0.25) is 9.69 Å². The molecule has 1 fully saturated rings. The summed E-state index contributed by atoms with van der Waals surface area (Å²) in [5.41, 5.74) is 3.23. The fourth-order valence-electron chi connectivity index (χ4n) is 2.67. The number of hydrogen-bond acceptors (Lipinski definition) is 5. The van der Waals surface area contributed by atoms with Gasteiger partial charge < -0.3 is 10.4 Å². The third kappa shape index (κ3) is 7.41. The molecule has 0 radical (unpaired) electrons. The number of carbonyl (C=O) groups excluding carboxylic acids is 1. The van der Waals surface area contributed by atoms with Crippen LogP contribution in [0.3, 0.4) is 0 Å². The summed E-state index contributed by atoms with van der Waals surface area (Å²) in [7, 11) is 0. The lowest BCUT2D eigenvalue weighted by atomic mass is 10.1. The van der Waals surface area contributed by atoms with Crippen molar-refractivity contribution in [2.75, 3.05) is 31.6 Å². The first-order chi connectivity index (χ1) is 12.1. The molecular formula is C19H28ClN3O2S. The Kier molecular flexibility index (Phi) is 10.4. The van der Waals surface area contributed by atoms with Gasteiger partial charge in [0.25, 0.3) is 0 Å². The van der Waals surface area contributed by atoms with Crippen molar-refractivity contribution >= 4 is 34.8 Å². The van der Waals surface area contributed by atoms with Crippen molar-refractivity contribution in [3.63, 3.8) is 0 Å². The zero-order chi connectivity index (χ0) is 18.1. The molecule has 0 spiro atoms. The van der Waals surface area contributed by atoms with Gasteiger partial charge in [-0.15, -0.1) is 23.7 Å². The molecule has 1 aromatic heterocycles. The van der Waals surface area contributed by atoms with Crippen LogP contribution in [0.1, 0.15) is 31.7 Å². The summed E-state index contributed by atoms with van der Waals surface area (Å²) >= 11 is 1.48. The maximum atomic E-state index is 12.1. The number of nitrogens with one attached hydrogen (secondary N) is 1. The van der Waals surface area contributed by atoms with E-state index in [0.717, 1.165) is 24.3 Å². The highest BCUT2D eigenvalue weighted by Crippen LogP contribution is 2.25. The largest absolute Gasteiger partial charge is 0.397 e. The molecule has 3 rings (SSSR count). The van der Waals surface area contributed by atoms with Crippen LogP contribution in [0.15, 0.2) is 29.6 Å². The second-order valence-corrected chi connectivity index (χ2v) is 6.96. The summed E-state index contributed by atoms with van der Waals surface area (Å²) < 4.78 is 0. The Labute approximate surface area is 165 Å². The van der Waals surface area contributed by atoms with E-state index in [-0.39, 0.29) is 24.9 Å². The van der Waals surface area contributed by atoms with Crippen molar-refractivity contribution in [3.8, 4) is 11.3 Å². The molecule has 26 heavy (non-hydrogen) atoms. The van der Waals surface area contributed by atoms with E-state index in [1.165, 1.54) is 36.2 Å². The normalized spacial score (nSPS) is 14.0. The van der Waals surface area contributed by atoms with Gasteiger partial charge in [-0.25, -0.2) is 4.98 Å². The zero-order valence-electron chi connectivity index (χ0n) is 15.4. The van der Waals surface area contributed by atoms with E-state index >= 15 is 0 Å². The number of nitrogens with zero attached hydrogens (tertiary/aromatic N) is 2. The van der Waals surface area contributed by atoms with E-state index < -0.39 is 0 Å². The number of aliphatic hydroxyl groups excluding tert-OH is 1. The molecule has 1 aliphatic rings. The Balaban J connectivity index is 0.000000791. The van der Waals surface area contributed by atoms with E-state index in [2.05, 4.69) is 46.4 Å². The number of piperidine rings is 1. The van der Waals surface area contributed by atoms with Gasteiger partial charge in [0.2, 0.25) is 5.91 Å². The van der Waals surface area contributed by atoms with Crippen molar-refractivity contribution in [1.29, 1.82) is 0 Å². The lowest BCUT2D eigenvalue weighted by Crippen LogP contribution is -2.36. The Morgan fingerprint density at radius 3 is 2.46 bits per heavy atom. The average molecular weight is 398 g/mol. The third-order valence-electron chi connectivity index (χ3n) is 3.91. The van der Waals surface area contributed by atoms with Crippen LogP contribution >= 0.6 is 23.7 Å². The first-order valence-corrected chi connectivity index (χ1v) is 9.66. The van der Waals surface area contributed by atoms with Gasteiger partial charge >= 0.3 is 0 Å². The highest BCUT2D eigenvalue weighted by Gasteiger charge is 2.15. The molecule has 0 aliphatic carbocycles. The van der Waals surface area contributed by atoms with E-state index in [9.17, 15) is 4.79 Å². The number of benzene rings is 1. The van der Waals surface area contributed by atoms with Crippen molar-refractivity contribution < 1.29 is 9.90 Å². The number of likely N-dealkylation sites (tertiary alicyclic amines) is 1. The van der Waals surface area contributed by atoms with Crippen LogP contribution in [0, 0.1) is 6.92 Å². The molecule has 7 heteroatoms. The van der Waals surface area contributed by atoms with Crippen molar-refractivity contribution in [2.24, 2.45) is 0 Å². The van der Waals surface area contributed by atoms with Gasteiger partial charge in [0.1, 0.15) is 0 Å². The van der Waals surface area contributed by atoms with Crippen LogP contribution < -0.4 is 5.32 Å². The highest BCUT2D eigenvalue weighted by molar-refractivity contribution is 7.14. The Morgan fingerprint density at radius 2 is 1.85 bits per heavy atom. The number of hydrogen-bond donors (Lipinski definition) is 2. The standard InChI is InChI=1S/C17H21N3OS.C2H6O.ClH/c1-13-5-7-14(8-6-13)15-12-22-17(18-15)19-16(21)11-20-9-3-2-4-10-20;1-2-3;/h5-8,12H,2-4,9-11H2,1H3,(H,18,19,21);3H,2H2,1H3;1H. The van der Waals surface area contributed by atoms with Gasteiger partial charge in [0.05, 0.1) is 12.2 Å². The number of carbonyl (C=O) groups is 1. The fraction of sp³-hybridized carbons (Fsp3) is 0.474. The summed E-state index contributed by atoms with van der Waals surface area (Å²) in [4.78, 5) is 18.8. The highest BCUT2D eigenvalue weighted by atomic mass is 35.5. The average Bonchev–Trinajstić information content (AvgIpc) is 3.05. The van der Waals surface area contributed by atoms with Crippen LogP contribution in [-0.2, 0) is 4.79 Å². The molecule has 5 nitrogen and oxygen atoms in total. The van der Waals surface area contributed by atoms with Gasteiger partial charge in [-0.05, 0) is 39.8 Å². The number of aromatic nitrogens is 1. The van der Waals surface area contributed by atoms with Crippen molar-refractivity contribution in [3.05, 3.63) is 35.2 Å². The molecule has 144 valence electrons. The minimum atomic E-state index is 0. The van der Waals surface area contributed by atoms with Crippen molar-refractivity contribution in [1.82, 2.24) is 9.88 Å². The maximum absolute atomic E-state index is 12.1. The number of anilines is 1. The molecule has 2 heterocycles. The molecule has 0 bridgehead atoms. The Bertz CT molecular complexity index is 655. The third-order valence-corrected chi connectivity index (χ3v) is 4.67. The smallest absolute Gasteiger partial charge is 0.240 e. The van der Waals surface area contributed by atoms with Crippen LogP contribution in [0.2, 0.25) is 0 Å². The van der Waals surface area contributed by atoms with Crippen LogP contribution in [0.5, 0.6) is 0 Å². The predicted octanol–water partition coefficient (Wildman–Crippen LogP) is 3.96. The van der Waals surface area contributed by atoms with Gasteiger partial charge in [0.15, 0.2) is 5.13 Å². The lowest BCUT2D eigenvalue weighted by molar-refractivity contribution is -0.117. The molecule has 0 unspecified atom stereocenters. The molecule has 1 amide bonds. The number of aryl methyl sites for hydroxylation is 1. The SMILES string of the molecule is CCO.Cc1ccc(-c2csc(NC(=O)CN3CCCCC3)n2)cc1.Cl. The first kappa shape index (κ1) is 22.6. The van der Waals surface area contributed by atoms with Gasteiger partial charge in [-0.1, -0.05) is 36.2 Å². The molecule has 1 aromatic carbocycles. The van der Waals surface area contributed by atoms with Gasteiger partial charge in [-0.2, -0.15) is 0 Å². The van der Waals surface area contributed by atoms with E-state index in [1.54, 1.807) is 6.92 Å². The second kappa shape index (κ2) is 12.0. The number of halogens is 1. The Morgan fingerprint density at radius 1 is 1.23 bits per heavy atom. The minimum absolute atomic E-state index is 0. The van der Waals surface area contributed by atoms with Crippen LogP contribution in [0.25, 0.3) is 11.3 Å². The predicted molar refractivity (Wildman–Crippen MR) is 111 cm³/mol. The first-order valence-electron chi connectivity index (χ1n) is 8.78. The monoisotopic (exact) mass is 397 g/mol. The second-order valence-electron chi connectivity index (χ2n) is 6.11. The fourth-order valence-corrected chi connectivity index (χ4v) is 3.40. The summed E-state index contributed by atoms with van der Waals surface area (Å²) in [5.74, 6) is 0.0340. The maximum Gasteiger partial charge on any atom is 0.240 e. The summed E-state index contributed by atoms with van der Waals surface area (Å²) in [6.07, 6.45) is 3.68. The number of rotatable bonds is 4. The molecule has 2 aromatic rings. The summed E-state index contributed by atoms with van der Waals surface area (Å²) in [5, 5.41) is 13.2. The molecule has 1 saturated heterocycles. The molecular weight excluding hydrogens is 370 g/mol. The van der Waals surface area contributed by atoms with Crippen molar-refractivity contribution in [2.45, 2.75) is 33.1 Å². The van der Waals surface area contributed by atoms with E-state index in [0.29, 0.717) is 11.7 Å². The van der Waals surface area contributed by atoms with Crippen LogP contribution in [0.4, 0.5) is 5.13 Å². The number of amides is 1. The minimum Gasteiger partial charge on any atom is -0.397 e. The summed E-state index contributed by atoms with van der Waals surface area (Å²) in [6, 6.07) is 8.26. The zero-order valence-corrected chi connectivity index (χ0v) is 17.0. The van der Waals surface area contributed by atoms with E-state index in [1.807, 2.05) is 5.38 Å². The number of thiazole rings is 1. The molecule has 0 atom stereocenters. The lowest BCUT2D eigenvalue weighted by Gasteiger charge is -2.25. The molecule has 0 saturated carbocycles. The van der Waals surface area contributed by atoms with Gasteiger partial charge in [0, 0.05) is 17.6 Å². The quantitative estimate of drug-likeness (QED) is 0.819. The number of aliphatic hydroxyl groups is 1. The Hall–Kier alpha value is -1.47.